The fraction of sp³-hybridized carbons (Fsp3) is 0.737. The minimum absolute atomic E-state index is 0.0170. The van der Waals surface area contributed by atoms with Crippen LogP contribution in [0.3, 0.4) is 0 Å². The van der Waals surface area contributed by atoms with Crippen molar-refractivity contribution in [2.75, 3.05) is 49.9 Å². The molecule has 1 saturated heterocycles. The molecule has 7 nitrogen and oxygen atoms in total. The van der Waals surface area contributed by atoms with Crippen molar-refractivity contribution in [3.63, 3.8) is 0 Å². The van der Waals surface area contributed by atoms with Gasteiger partial charge in [-0.25, -0.2) is 0 Å². The van der Waals surface area contributed by atoms with E-state index in [1.165, 1.54) is 19.3 Å². The smallest absolute Gasteiger partial charge is 0.239 e. The first-order valence-electron chi connectivity index (χ1n) is 9.98. The maximum atomic E-state index is 12.2. The number of carbonyl (C=O) groups excluding carboxylic acids is 1. The van der Waals surface area contributed by atoms with Gasteiger partial charge >= 0.3 is 0 Å². The number of rotatable bonds is 9. The van der Waals surface area contributed by atoms with Gasteiger partial charge in [0.05, 0.1) is 6.54 Å². The molecule has 0 aromatic carbocycles. The standard InChI is InChI=1S/C19H32N6O/c1-3-15(2)8-9-20-17-6-7-18(23-22-17)21-19(26)14-24-10-12-25(13-11-24)16-4-5-16/h6-7,15-16H,3-5,8-14H2,1-2H3,(H,20,22)(H,21,23,26). The zero-order valence-electron chi connectivity index (χ0n) is 16.1. The van der Waals surface area contributed by atoms with E-state index < -0.39 is 0 Å². The number of hydrogen-bond acceptors (Lipinski definition) is 6. The molecule has 0 radical (unpaired) electrons. The lowest BCUT2D eigenvalue weighted by Gasteiger charge is -2.34. The zero-order chi connectivity index (χ0) is 18.4. The first-order chi connectivity index (χ1) is 12.6. The average molecular weight is 361 g/mol. The van der Waals surface area contributed by atoms with Gasteiger partial charge in [-0.2, -0.15) is 0 Å². The van der Waals surface area contributed by atoms with Crippen LogP contribution in [0.25, 0.3) is 0 Å². The summed E-state index contributed by atoms with van der Waals surface area (Å²) in [6, 6.07) is 4.49. The summed E-state index contributed by atoms with van der Waals surface area (Å²) in [6.07, 6.45) is 5.00. The molecule has 1 amide bonds. The second-order valence-electron chi connectivity index (χ2n) is 7.62. The van der Waals surface area contributed by atoms with Gasteiger partial charge in [-0.15, -0.1) is 10.2 Å². The highest BCUT2D eigenvalue weighted by atomic mass is 16.2. The molecular weight excluding hydrogens is 328 g/mol. The lowest BCUT2D eigenvalue weighted by molar-refractivity contribution is -0.117. The van der Waals surface area contributed by atoms with Crippen LogP contribution in [-0.4, -0.2) is 71.2 Å². The van der Waals surface area contributed by atoms with Gasteiger partial charge in [-0.1, -0.05) is 20.3 Å². The fourth-order valence-electron chi connectivity index (χ4n) is 3.26. The number of piperazine rings is 1. The quantitative estimate of drug-likeness (QED) is 0.702. The maximum absolute atomic E-state index is 12.2. The van der Waals surface area contributed by atoms with Gasteiger partial charge in [0.2, 0.25) is 5.91 Å². The molecule has 1 aromatic rings. The molecule has 1 aliphatic heterocycles. The molecule has 7 heteroatoms. The molecule has 1 atom stereocenters. The fourth-order valence-corrected chi connectivity index (χ4v) is 3.26. The van der Waals surface area contributed by atoms with Crippen LogP contribution in [-0.2, 0) is 4.79 Å². The first-order valence-corrected chi connectivity index (χ1v) is 9.98. The van der Waals surface area contributed by atoms with Crippen LogP contribution < -0.4 is 10.6 Å². The van der Waals surface area contributed by atoms with Crippen LogP contribution >= 0.6 is 0 Å². The van der Waals surface area contributed by atoms with Crippen LogP contribution in [0.5, 0.6) is 0 Å². The van der Waals surface area contributed by atoms with E-state index in [0.717, 1.165) is 51.0 Å². The molecular formula is C19H32N6O. The Bertz CT molecular complexity index is 566. The van der Waals surface area contributed by atoms with Crippen molar-refractivity contribution in [1.29, 1.82) is 0 Å². The van der Waals surface area contributed by atoms with Crippen LogP contribution in [0.15, 0.2) is 12.1 Å². The highest BCUT2D eigenvalue weighted by Gasteiger charge is 2.31. The largest absolute Gasteiger partial charge is 0.369 e. The molecule has 26 heavy (non-hydrogen) atoms. The highest BCUT2D eigenvalue weighted by molar-refractivity contribution is 5.91. The van der Waals surface area contributed by atoms with Crippen molar-refractivity contribution >= 4 is 17.5 Å². The molecule has 3 rings (SSSR count). The first kappa shape index (κ1) is 19.0. The van der Waals surface area contributed by atoms with Crippen LogP contribution in [0, 0.1) is 5.92 Å². The lowest BCUT2D eigenvalue weighted by Crippen LogP contribution is -2.49. The van der Waals surface area contributed by atoms with E-state index in [9.17, 15) is 4.79 Å². The predicted molar refractivity (Wildman–Crippen MR) is 104 cm³/mol. The maximum Gasteiger partial charge on any atom is 0.239 e. The predicted octanol–water partition coefficient (Wildman–Crippen LogP) is 2.04. The molecule has 1 saturated carbocycles. The van der Waals surface area contributed by atoms with E-state index in [4.69, 9.17) is 0 Å². The van der Waals surface area contributed by atoms with Crippen LogP contribution in [0.4, 0.5) is 11.6 Å². The van der Waals surface area contributed by atoms with Crippen molar-refractivity contribution in [1.82, 2.24) is 20.0 Å². The molecule has 2 aliphatic rings. The van der Waals surface area contributed by atoms with E-state index in [0.29, 0.717) is 18.3 Å². The molecule has 2 N–H and O–H groups in total. The second kappa shape index (κ2) is 9.28. The van der Waals surface area contributed by atoms with E-state index in [2.05, 4.69) is 44.5 Å². The van der Waals surface area contributed by atoms with Crippen molar-refractivity contribution in [2.45, 2.75) is 45.6 Å². The minimum atomic E-state index is -0.0170. The van der Waals surface area contributed by atoms with Gasteiger partial charge in [-0.05, 0) is 37.3 Å². The lowest BCUT2D eigenvalue weighted by atomic mass is 10.1. The number of anilines is 2. The summed E-state index contributed by atoms with van der Waals surface area (Å²) in [5.41, 5.74) is 0. The number of nitrogens with zero attached hydrogens (tertiary/aromatic N) is 4. The van der Waals surface area contributed by atoms with Gasteiger partial charge < -0.3 is 10.6 Å². The Morgan fingerprint density at radius 1 is 1.19 bits per heavy atom. The van der Waals surface area contributed by atoms with Crippen molar-refractivity contribution in [2.24, 2.45) is 5.92 Å². The summed E-state index contributed by atoms with van der Waals surface area (Å²) in [6.45, 7) is 9.86. The Labute approximate surface area is 156 Å². The van der Waals surface area contributed by atoms with Gasteiger partial charge in [-0.3, -0.25) is 14.6 Å². The van der Waals surface area contributed by atoms with E-state index >= 15 is 0 Å². The number of aromatic nitrogens is 2. The van der Waals surface area contributed by atoms with Crippen molar-refractivity contribution in [3.8, 4) is 0 Å². The summed E-state index contributed by atoms with van der Waals surface area (Å²) >= 11 is 0. The van der Waals surface area contributed by atoms with Gasteiger partial charge in [0.25, 0.3) is 0 Å². The summed E-state index contributed by atoms with van der Waals surface area (Å²) < 4.78 is 0. The third-order valence-electron chi connectivity index (χ3n) is 5.41. The van der Waals surface area contributed by atoms with Crippen LogP contribution in [0.2, 0.25) is 0 Å². The van der Waals surface area contributed by atoms with Crippen molar-refractivity contribution < 1.29 is 4.79 Å². The highest BCUT2D eigenvalue weighted by Crippen LogP contribution is 2.27. The molecule has 144 valence electrons. The Kier molecular flexibility index (Phi) is 6.80. The van der Waals surface area contributed by atoms with E-state index in [1.807, 2.05) is 12.1 Å². The van der Waals surface area contributed by atoms with Gasteiger partial charge in [0.15, 0.2) is 5.82 Å². The summed E-state index contributed by atoms with van der Waals surface area (Å²) in [4.78, 5) is 17.0. The monoisotopic (exact) mass is 360 g/mol. The number of nitrogens with one attached hydrogen (secondary N) is 2. The normalized spacial score (nSPS) is 19.9. The Balaban J connectivity index is 1.36. The molecule has 0 spiro atoms. The zero-order valence-corrected chi connectivity index (χ0v) is 16.1. The minimum Gasteiger partial charge on any atom is -0.369 e. The molecule has 1 unspecified atom stereocenters. The third kappa shape index (κ3) is 5.92. The Hall–Kier alpha value is -1.73. The second-order valence-corrected chi connectivity index (χ2v) is 7.62. The number of hydrogen-bond donors (Lipinski definition) is 2. The third-order valence-corrected chi connectivity index (χ3v) is 5.41. The summed E-state index contributed by atoms with van der Waals surface area (Å²) in [5.74, 6) is 1.96. The Morgan fingerprint density at radius 2 is 1.88 bits per heavy atom. The molecule has 0 bridgehead atoms. The van der Waals surface area contributed by atoms with Crippen molar-refractivity contribution in [3.05, 3.63) is 12.1 Å². The van der Waals surface area contributed by atoms with E-state index in [1.54, 1.807) is 0 Å². The van der Waals surface area contributed by atoms with Gasteiger partial charge in [0.1, 0.15) is 5.82 Å². The van der Waals surface area contributed by atoms with E-state index in [-0.39, 0.29) is 5.91 Å². The number of amides is 1. The molecule has 1 aromatic heterocycles. The van der Waals surface area contributed by atoms with Crippen LogP contribution in [0.1, 0.15) is 39.5 Å². The SMILES string of the molecule is CCC(C)CCNc1ccc(NC(=O)CN2CCN(C3CC3)CC2)nn1. The molecule has 2 fully saturated rings. The molecule has 1 aliphatic carbocycles. The number of carbonyl (C=O) groups is 1. The average Bonchev–Trinajstić information content (AvgIpc) is 3.49. The van der Waals surface area contributed by atoms with Gasteiger partial charge in [0, 0.05) is 38.8 Å². The molecule has 2 heterocycles. The summed E-state index contributed by atoms with van der Waals surface area (Å²) in [7, 11) is 0. The summed E-state index contributed by atoms with van der Waals surface area (Å²) in [5, 5.41) is 14.4. The topological polar surface area (TPSA) is 73.4 Å². The Morgan fingerprint density at radius 3 is 2.50 bits per heavy atom.